The van der Waals surface area contributed by atoms with Gasteiger partial charge >= 0.3 is 75.7 Å². The van der Waals surface area contributed by atoms with E-state index in [9.17, 15) is 0 Å². The Balaban J connectivity index is 0.000000230. The molecule has 8 aromatic rings. The Morgan fingerprint density at radius 3 is 1.38 bits per heavy atom. The van der Waals surface area contributed by atoms with E-state index in [2.05, 4.69) is 204 Å². The topological polar surface area (TPSA) is 0 Å². The van der Waals surface area contributed by atoms with Gasteiger partial charge < -0.3 is 0 Å². The Kier molecular flexibility index (Phi) is 25.2. The summed E-state index contributed by atoms with van der Waals surface area (Å²) in [6, 6.07) is 45.0. The van der Waals surface area contributed by atoms with E-state index in [4.69, 9.17) is 34.1 Å². The molecule has 0 radical (unpaired) electrons. The molecule has 0 unspecified atom stereocenters. The van der Waals surface area contributed by atoms with Crippen LogP contribution in [0.1, 0.15) is 138 Å². The van der Waals surface area contributed by atoms with E-state index in [0.717, 1.165) is 0 Å². The summed E-state index contributed by atoms with van der Waals surface area (Å²) in [5.41, 5.74) is 11.9. The van der Waals surface area contributed by atoms with Crippen LogP contribution in [0.2, 0.25) is 0 Å². The van der Waals surface area contributed by atoms with E-state index >= 15 is 0 Å². The number of halogens is 4. The third-order valence-corrected chi connectivity index (χ3v) is 12.2. The van der Waals surface area contributed by atoms with Crippen molar-refractivity contribution in [2.45, 2.75) is 145 Å². The van der Waals surface area contributed by atoms with Gasteiger partial charge in [-0.3, -0.25) is 0 Å². The van der Waals surface area contributed by atoms with E-state index in [1.165, 1.54) is 139 Å². The molecule has 340 valence electrons. The fourth-order valence-corrected chi connectivity index (χ4v) is 7.97. The predicted molar refractivity (Wildman–Crippen MR) is 284 cm³/mol. The number of benzene rings is 4. The molecule has 0 atom stereocenters. The number of aryl methyl sites for hydroxylation is 4. The molecule has 0 aromatic heterocycles. The summed E-state index contributed by atoms with van der Waals surface area (Å²) in [6.45, 7) is 26.8. The second kappa shape index (κ2) is 28.5. The third kappa shape index (κ3) is 17.7. The molecule has 0 fully saturated rings. The number of hydrogen-bond acceptors (Lipinski definition) is 0. The van der Waals surface area contributed by atoms with E-state index in [1.807, 2.05) is 0 Å². The fraction of sp³-hybridized carbons (Fsp3) is 0.379. The molecule has 0 spiro atoms. The molecular formula is C58H72Cl4Zr2. The van der Waals surface area contributed by atoms with Crippen LogP contribution >= 0.6 is 34.1 Å². The molecule has 0 aliphatic heterocycles. The summed E-state index contributed by atoms with van der Waals surface area (Å²) in [6.07, 6.45) is 10.4. The van der Waals surface area contributed by atoms with Crippen molar-refractivity contribution in [3.63, 3.8) is 0 Å². The fourth-order valence-electron chi connectivity index (χ4n) is 7.97. The standard InChI is InChI=1S/C21H25.C19H21.2C9H13.4ClH.2Zr/c1-20(2,3)16-7-9-18-14(12-16)11-15-13-17(21(4,5)6)8-10-19(15)18;1-2-3-4-5-8-15-11-12-19-17(13-15)14-16-9-6-7-10-18(16)19;1-6-5-7(2)9(4)8(6)3;1-2-3-6-9-7-4-5-8-9;;;;;;/h7-13H,1-6H3;6-7,9-14H,2-5,8H2,1H3;5H,1-4H3;4-5,7-8H,2-3,6H2,1H3;4*1H;;/q4*-1;;;;;2*+4/p-4. The molecule has 8 aromatic carbocycles. The molecule has 0 bridgehead atoms. The van der Waals surface area contributed by atoms with Gasteiger partial charge in [-0.2, -0.15) is 52.1 Å². The van der Waals surface area contributed by atoms with Crippen molar-refractivity contribution < 1.29 is 41.7 Å². The van der Waals surface area contributed by atoms with Crippen molar-refractivity contribution in [1.82, 2.24) is 0 Å². The Morgan fingerprint density at radius 1 is 0.469 bits per heavy atom. The zero-order valence-electron chi connectivity index (χ0n) is 40.7. The van der Waals surface area contributed by atoms with Crippen molar-refractivity contribution in [2.75, 3.05) is 0 Å². The first-order valence-corrected chi connectivity index (χ1v) is 35.6. The van der Waals surface area contributed by atoms with Crippen LogP contribution in [-0.4, -0.2) is 0 Å². The molecule has 8 rings (SSSR count). The van der Waals surface area contributed by atoms with Gasteiger partial charge in [0.15, 0.2) is 0 Å². The van der Waals surface area contributed by atoms with Crippen molar-refractivity contribution in [1.29, 1.82) is 0 Å². The first-order chi connectivity index (χ1) is 30.4. The quantitative estimate of drug-likeness (QED) is 0.105. The molecule has 0 saturated carbocycles. The number of hydrogen-bond donors (Lipinski definition) is 0. The van der Waals surface area contributed by atoms with Crippen LogP contribution in [0.3, 0.4) is 0 Å². The second-order valence-electron chi connectivity index (χ2n) is 19.0. The molecular weight excluding hydrogens is 1020 g/mol. The molecule has 6 heteroatoms. The SMILES string of the molecule is CC(C)(C)c1ccc2c(c1)[cH-]c1cc(C(C)(C)C)ccc12.CCCCCCc1ccc2c(c1)[cH-]c1ccccc12.CCCCc1cc[cH-]c1.Cc1[cH-]c(C)c(C)c1C.[Cl][Zr+2][Cl].[Cl][Zr+2][Cl]. The second-order valence-corrected chi connectivity index (χ2v) is 26.5. The summed E-state index contributed by atoms with van der Waals surface area (Å²) in [5.74, 6) is 0. The van der Waals surface area contributed by atoms with Crippen molar-refractivity contribution in [2.24, 2.45) is 0 Å². The molecule has 0 amide bonds. The van der Waals surface area contributed by atoms with Crippen LogP contribution in [0.25, 0.3) is 43.1 Å². The molecule has 0 nitrogen and oxygen atoms in total. The van der Waals surface area contributed by atoms with Gasteiger partial charge in [-0.05, 0) is 23.7 Å². The molecule has 0 N–H and O–H groups in total. The Hall–Kier alpha value is -1.75. The van der Waals surface area contributed by atoms with Crippen LogP contribution in [0.5, 0.6) is 0 Å². The summed E-state index contributed by atoms with van der Waals surface area (Å²) in [7, 11) is 19.7. The maximum atomic E-state index is 4.93. The van der Waals surface area contributed by atoms with Crippen molar-refractivity contribution >= 4 is 77.1 Å². The monoisotopic (exact) mass is 1090 g/mol. The maximum absolute atomic E-state index is 4.93. The van der Waals surface area contributed by atoms with E-state index in [1.54, 1.807) is 0 Å². The zero-order chi connectivity index (χ0) is 47.5. The number of rotatable bonds is 8. The molecule has 0 aliphatic rings. The first kappa shape index (κ1) is 56.6. The predicted octanol–water partition coefficient (Wildman–Crippen LogP) is 20.3. The third-order valence-electron chi connectivity index (χ3n) is 12.2. The summed E-state index contributed by atoms with van der Waals surface area (Å²) in [4.78, 5) is 0. The van der Waals surface area contributed by atoms with Gasteiger partial charge in [0.25, 0.3) is 0 Å². The Morgan fingerprint density at radius 2 is 0.922 bits per heavy atom. The van der Waals surface area contributed by atoms with E-state index < -0.39 is 41.7 Å². The van der Waals surface area contributed by atoms with Gasteiger partial charge in [0.05, 0.1) is 0 Å². The Bertz CT molecular complexity index is 2440. The van der Waals surface area contributed by atoms with Crippen molar-refractivity contribution in [3.05, 3.63) is 166 Å². The van der Waals surface area contributed by atoms with Crippen LogP contribution in [-0.2, 0) is 65.4 Å². The molecule has 0 saturated heterocycles. The minimum absolute atomic E-state index is 0.203. The van der Waals surface area contributed by atoms with Gasteiger partial charge in [-0.1, -0.05) is 193 Å². The summed E-state index contributed by atoms with van der Waals surface area (Å²) >= 11 is -1.65. The van der Waals surface area contributed by atoms with E-state index in [0.29, 0.717) is 0 Å². The van der Waals surface area contributed by atoms with Gasteiger partial charge in [0, 0.05) is 0 Å². The van der Waals surface area contributed by atoms with Gasteiger partial charge in [-0.25, -0.2) is 6.07 Å². The van der Waals surface area contributed by atoms with Crippen LogP contribution < -0.4 is 0 Å². The van der Waals surface area contributed by atoms with E-state index in [-0.39, 0.29) is 10.8 Å². The summed E-state index contributed by atoms with van der Waals surface area (Å²) < 4.78 is 0. The average Bonchev–Trinajstić information content (AvgIpc) is 4.05. The average molecular weight is 1090 g/mol. The Labute approximate surface area is 425 Å². The minimum atomic E-state index is -0.826. The molecule has 64 heavy (non-hydrogen) atoms. The van der Waals surface area contributed by atoms with Crippen LogP contribution in [0.4, 0.5) is 0 Å². The van der Waals surface area contributed by atoms with Gasteiger partial charge in [0.1, 0.15) is 0 Å². The zero-order valence-corrected chi connectivity index (χ0v) is 48.7. The normalized spacial score (nSPS) is 10.9. The molecule has 0 aliphatic carbocycles. The first-order valence-electron chi connectivity index (χ1n) is 23.0. The molecule has 0 heterocycles. The van der Waals surface area contributed by atoms with Gasteiger partial charge in [0.2, 0.25) is 0 Å². The number of unbranched alkanes of at least 4 members (excludes halogenated alkanes) is 4. The van der Waals surface area contributed by atoms with Gasteiger partial charge in [-0.15, -0.1) is 79.5 Å². The number of fused-ring (bicyclic) bond motifs is 6. The summed E-state index contributed by atoms with van der Waals surface area (Å²) in [5, 5.41) is 11.0. The van der Waals surface area contributed by atoms with Crippen LogP contribution in [0.15, 0.2) is 121 Å². The van der Waals surface area contributed by atoms with Crippen LogP contribution in [0, 0.1) is 27.7 Å². The van der Waals surface area contributed by atoms with Crippen molar-refractivity contribution in [3.8, 4) is 0 Å².